The minimum absolute atomic E-state index is 0.132. The highest BCUT2D eigenvalue weighted by Gasteiger charge is 2.21. The number of nitrogens with zero attached hydrogens (tertiary/aromatic N) is 3. The average molecular weight is 324 g/mol. The lowest BCUT2D eigenvalue weighted by molar-refractivity contribution is 0.594. The number of aromatic amines is 1. The maximum atomic E-state index is 13.9. The summed E-state index contributed by atoms with van der Waals surface area (Å²) in [6.07, 6.45) is 0. The molecule has 3 aromatic rings. The molecule has 0 saturated carbocycles. The summed E-state index contributed by atoms with van der Waals surface area (Å²) in [5, 5.41) is 0.589. The Kier molecular flexibility index (Phi) is 3.65. The smallest absolute Gasteiger partial charge is 0.260 e. The van der Waals surface area contributed by atoms with E-state index in [0.29, 0.717) is 48.7 Å². The van der Waals surface area contributed by atoms with Gasteiger partial charge in [-0.25, -0.2) is 9.37 Å². The molecule has 1 fully saturated rings. The largest absolute Gasteiger partial charge is 0.366 e. The number of anilines is 2. The molecule has 122 valence electrons. The molecule has 1 aliphatic heterocycles. The number of rotatable bonds is 2. The van der Waals surface area contributed by atoms with Crippen LogP contribution >= 0.6 is 0 Å². The van der Waals surface area contributed by atoms with E-state index in [0.717, 1.165) is 0 Å². The summed E-state index contributed by atoms with van der Waals surface area (Å²) in [7, 11) is 0. The first-order valence-electron chi connectivity index (χ1n) is 7.96. The van der Waals surface area contributed by atoms with E-state index < -0.39 is 0 Å². The van der Waals surface area contributed by atoms with Crippen molar-refractivity contribution in [2.45, 2.75) is 0 Å². The minimum Gasteiger partial charge on any atom is -0.366 e. The molecular formula is C18H17FN4O. The second-order valence-corrected chi connectivity index (χ2v) is 5.83. The SMILES string of the molecule is O=c1[nH]c(N2CCN(c3ccccc3F)CC2)nc2ccccc12. The Balaban J connectivity index is 1.56. The monoisotopic (exact) mass is 324 g/mol. The van der Waals surface area contributed by atoms with Crippen molar-refractivity contribution in [1.82, 2.24) is 9.97 Å². The maximum Gasteiger partial charge on any atom is 0.260 e. The van der Waals surface area contributed by atoms with E-state index >= 15 is 0 Å². The molecule has 0 atom stereocenters. The Bertz CT molecular complexity index is 931. The molecule has 2 heterocycles. The lowest BCUT2D eigenvalue weighted by Gasteiger charge is -2.36. The highest BCUT2D eigenvalue weighted by atomic mass is 19.1. The number of piperazine rings is 1. The third-order valence-corrected chi connectivity index (χ3v) is 4.37. The van der Waals surface area contributed by atoms with Gasteiger partial charge in [-0.3, -0.25) is 9.78 Å². The van der Waals surface area contributed by atoms with Crippen LogP contribution in [0.4, 0.5) is 16.0 Å². The number of benzene rings is 2. The van der Waals surface area contributed by atoms with Gasteiger partial charge in [0.1, 0.15) is 5.82 Å². The molecule has 1 aliphatic rings. The molecule has 1 saturated heterocycles. The lowest BCUT2D eigenvalue weighted by atomic mass is 10.2. The molecule has 0 radical (unpaired) electrons. The van der Waals surface area contributed by atoms with Crippen molar-refractivity contribution in [2.75, 3.05) is 36.0 Å². The van der Waals surface area contributed by atoms with Gasteiger partial charge in [0.05, 0.1) is 16.6 Å². The minimum atomic E-state index is -0.205. The molecule has 0 aliphatic carbocycles. The van der Waals surface area contributed by atoms with Crippen molar-refractivity contribution < 1.29 is 4.39 Å². The quantitative estimate of drug-likeness (QED) is 0.786. The van der Waals surface area contributed by atoms with Crippen molar-refractivity contribution in [1.29, 1.82) is 0 Å². The summed E-state index contributed by atoms with van der Waals surface area (Å²) in [4.78, 5) is 23.6. The molecule has 0 bridgehead atoms. The molecular weight excluding hydrogens is 307 g/mol. The van der Waals surface area contributed by atoms with Crippen LogP contribution in [0.2, 0.25) is 0 Å². The third kappa shape index (κ3) is 2.60. The van der Waals surface area contributed by atoms with Crippen LogP contribution < -0.4 is 15.4 Å². The van der Waals surface area contributed by atoms with Gasteiger partial charge in [0.25, 0.3) is 5.56 Å². The first-order chi connectivity index (χ1) is 11.7. The van der Waals surface area contributed by atoms with Crippen molar-refractivity contribution in [3.05, 3.63) is 64.7 Å². The average Bonchev–Trinajstić information content (AvgIpc) is 2.62. The lowest BCUT2D eigenvalue weighted by Crippen LogP contribution is -2.47. The molecule has 0 amide bonds. The molecule has 24 heavy (non-hydrogen) atoms. The van der Waals surface area contributed by atoms with Crippen molar-refractivity contribution >= 4 is 22.5 Å². The van der Waals surface area contributed by atoms with Gasteiger partial charge in [0, 0.05) is 26.2 Å². The topological polar surface area (TPSA) is 52.2 Å². The van der Waals surface area contributed by atoms with Crippen LogP contribution in [0.15, 0.2) is 53.3 Å². The van der Waals surface area contributed by atoms with E-state index in [-0.39, 0.29) is 11.4 Å². The van der Waals surface area contributed by atoms with Gasteiger partial charge in [-0.2, -0.15) is 0 Å². The highest BCUT2D eigenvalue weighted by Crippen LogP contribution is 2.21. The van der Waals surface area contributed by atoms with E-state index in [2.05, 4.69) is 9.97 Å². The molecule has 1 aromatic heterocycles. The van der Waals surface area contributed by atoms with Crippen LogP contribution in [0.5, 0.6) is 0 Å². The summed E-state index contributed by atoms with van der Waals surface area (Å²) in [5.74, 6) is 0.370. The molecule has 6 heteroatoms. The zero-order chi connectivity index (χ0) is 16.5. The fraction of sp³-hybridized carbons (Fsp3) is 0.222. The van der Waals surface area contributed by atoms with Gasteiger partial charge in [-0.1, -0.05) is 24.3 Å². The molecule has 0 spiro atoms. The molecule has 4 rings (SSSR count). The van der Waals surface area contributed by atoms with E-state index in [1.807, 2.05) is 34.1 Å². The van der Waals surface area contributed by atoms with Gasteiger partial charge in [-0.05, 0) is 24.3 Å². The highest BCUT2D eigenvalue weighted by molar-refractivity contribution is 5.78. The van der Waals surface area contributed by atoms with Gasteiger partial charge >= 0.3 is 0 Å². The Labute approximate surface area is 138 Å². The Hall–Kier alpha value is -2.89. The van der Waals surface area contributed by atoms with Gasteiger partial charge in [0.2, 0.25) is 5.95 Å². The van der Waals surface area contributed by atoms with Crippen molar-refractivity contribution in [2.24, 2.45) is 0 Å². The number of fused-ring (bicyclic) bond motifs is 1. The van der Waals surface area contributed by atoms with Gasteiger partial charge in [0.15, 0.2) is 0 Å². The fourth-order valence-electron chi connectivity index (χ4n) is 3.09. The summed E-state index contributed by atoms with van der Waals surface area (Å²) in [5.41, 5.74) is 1.18. The number of para-hydroxylation sites is 2. The zero-order valence-electron chi connectivity index (χ0n) is 13.1. The summed E-state index contributed by atoms with van der Waals surface area (Å²) >= 11 is 0. The zero-order valence-corrected chi connectivity index (χ0v) is 13.1. The van der Waals surface area contributed by atoms with E-state index in [1.54, 1.807) is 18.2 Å². The van der Waals surface area contributed by atoms with Crippen molar-refractivity contribution in [3.63, 3.8) is 0 Å². The normalized spacial score (nSPS) is 15.0. The van der Waals surface area contributed by atoms with E-state index in [1.165, 1.54) is 6.07 Å². The summed E-state index contributed by atoms with van der Waals surface area (Å²) in [6.45, 7) is 2.71. The predicted molar refractivity (Wildman–Crippen MR) is 93.2 cm³/mol. The van der Waals surface area contributed by atoms with Gasteiger partial charge in [-0.15, -0.1) is 0 Å². The number of halogens is 1. The number of H-pyrrole nitrogens is 1. The van der Waals surface area contributed by atoms with Gasteiger partial charge < -0.3 is 9.80 Å². The predicted octanol–water partition coefficient (Wildman–Crippen LogP) is 2.39. The van der Waals surface area contributed by atoms with Crippen LogP contribution in [0.25, 0.3) is 10.9 Å². The van der Waals surface area contributed by atoms with Crippen molar-refractivity contribution in [3.8, 4) is 0 Å². The third-order valence-electron chi connectivity index (χ3n) is 4.37. The fourth-order valence-corrected chi connectivity index (χ4v) is 3.09. The van der Waals surface area contributed by atoms with Crippen LogP contribution in [0.1, 0.15) is 0 Å². The first-order valence-corrected chi connectivity index (χ1v) is 7.96. The first kappa shape index (κ1) is 14.7. The molecule has 5 nitrogen and oxygen atoms in total. The van der Waals surface area contributed by atoms with E-state index in [4.69, 9.17) is 0 Å². The Morgan fingerprint density at radius 2 is 1.58 bits per heavy atom. The maximum absolute atomic E-state index is 13.9. The second-order valence-electron chi connectivity index (χ2n) is 5.83. The van der Waals surface area contributed by atoms with E-state index in [9.17, 15) is 9.18 Å². The Morgan fingerprint density at radius 1 is 0.917 bits per heavy atom. The molecule has 1 N–H and O–H groups in total. The molecule has 2 aromatic carbocycles. The molecule has 0 unspecified atom stereocenters. The number of nitrogens with one attached hydrogen (secondary N) is 1. The van der Waals surface area contributed by atoms with Crippen LogP contribution in [-0.4, -0.2) is 36.1 Å². The standard InChI is InChI=1S/C18H17FN4O/c19-14-6-2-4-8-16(14)22-9-11-23(12-10-22)18-20-15-7-3-1-5-13(15)17(24)21-18/h1-8H,9-12H2,(H,20,21,24). The number of hydrogen-bond acceptors (Lipinski definition) is 4. The number of hydrogen-bond donors (Lipinski definition) is 1. The van der Waals surface area contributed by atoms with Crippen LogP contribution in [-0.2, 0) is 0 Å². The van der Waals surface area contributed by atoms with Crippen LogP contribution in [0.3, 0.4) is 0 Å². The van der Waals surface area contributed by atoms with Crippen LogP contribution in [0, 0.1) is 5.82 Å². The number of aromatic nitrogens is 2. The summed E-state index contributed by atoms with van der Waals surface area (Å²) < 4.78 is 13.9. The Morgan fingerprint density at radius 3 is 2.38 bits per heavy atom. The second kappa shape index (κ2) is 5.96. The summed E-state index contributed by atoms with van der Waals surface area (Å²) in [6, 6.07) is 14.1.